The molecule has 0 radical (unpaired) electrons. The summed E-state index contributed by atoms with van der Waals surface area (Å²) < 4.78 is 0. The summed E-state index contributed by atoms with van der Waals surface area (Å²) in [5.74, 6) is 0. The molecule has 0 aromatic carbocycles. The van der Waals surface area contributed by atoms with Crippen molar-refractivity contribution in [1.82, 2.24) is 25.5 Å². The Labute approximate surface area is 101 Å². The summed E-state index contributed by atoms with van der Waals surface area (Å²) in [6.07, 6.45) is 5.83. The van der Waals surface area contributed by atoms with Gasteiger partial charge >= 0.3 is 0 Å². The third-order valence-corrected chi connectivity index (χ3v) is 2.96. The third-order valence-electron chi connectivity index (χ3n) is 2.96. The normalized spacial score (nSPS) is 10.9. The average molecular weight is 233 g/mol. The lowest BCUT2D eigenvalue weighted by atomic mass is 10.1. The summed E-state index contributed by atoms with van der Waals surface area (Å²) >= 11 is 0. The van der Waals surface area contributed by atoms with Gasteiger partial charge in [0.05, 0.1) is 18.2 Å². The van der Waals surface area contributed by atoms with Crippen LogP contribution >= 0.6 is 0 Å². The summed E-state index contributed by atoms with van der Waals surface area (Å²) in [4.78, 5) is 7.32. The van der Waals surface area contributed by atoms with Gasteiger partial charge in [0.1, 0.15) is 0 Å². The molecule has 2 rings (SSSR count). The predicted octanol–water partition coefficient (Wildman–Crippen LogP) is 1.47. The molecule has 0 amide bonds. The first kappa shape index (κ1) is 11.9. The molecule has 2 aromatic heterocycles. The lowest BCUT2D eigenvalue weighted by Gasteiger charge is -2.03. The third kappa shape index (κ3) is 3.17. The molecular formula is C12H19N5. The van der Waals surface area contributed by atoms with Gasteiger partial charge in [-0.15, -0.1) is 0 Å². The van der Waals surface area contributed by atoms with E-state index in [1.807, 2.05) is 13.1 Å². The molecule has 0 aliphatic carbocycles. The lowest BCUT2D eigenvalue weighted by Crippen LogP contribution is -2.16. The monoisotopic (exact) mass is 233 g/mol. The number of aromatic nitrogens is 4. The Balaban J connectivity index is 1.64. The van der Waals surface area contributed by atoms with Gasteiger partial charge in [-0.1, -0.05) is 0 Å². The summed E-state index contributed by atoms with van der Waals surface area (Å²) in [5.41, 5.74) is 4.73. The zero-order chi connectivity index (χ0) is 12.1. The van der Waals surface area contributed by atoms with Crippen molar-refractivity contribution in [2.75, 3.05) is 6.54 Å². The van der Waals surface area contributed by atoms with E-state index in [4.69, 9.17) is 0 Å². The van der Waals surface area contributed by atoms with Crippen LogP contribution in [-0.4, -0.2) is 26.7 Å². The second-order valence-electron chi connectivity index (χ2n) is 4.27. The number of hydrogen-bond acceptors (Lipinski definition) is 3. The summed E-state index contributed by atoms with van der Waals surface area (Å²) in [6.45, 7) is 5.93. The molecule has 0 saturated heterocycles. The van der Waals surface area contributed by atoms with Crippen molar-refractivity contribution >= 4 is 0 Å². The standard InChI is InChI=1S/C12H19N5/c1-9-11(6-16-17-9)4-3-5-13-7-12-10(2)14-8-15-12/h6,8,13H,3-5,7H2,1-2H3,(H,14,15)(H,16,17). The number of nitrogens with one attached hydrogen (secondary N) is 3. The van der Waals surface area contributed by atoms with Crippen molar-refractivity contribution in [2.24, 2.45) is 0 Å². The topological polar surface area (TPSA) is 69.4 Å². The number of aryl methyl sites for hydroxylation is 3. The van der Waals surface area contributed by atoms with Crippen molar-refractivity contribution < 1.29 is 0 Å². The highest BCUT2D eigenvalue weighted by atomic mass is 15.1. The van der Waals surface area contributed by atoms with E-state index in [-0.39, 0.29) is 0 Å². The van der Waals surface area contributed by atoms with Crippen LogP contribution in [0.2, 0.25) is 0 Å². The highest BCUT2D eigenvalue weighted by Gasteiger charge is 2.01. The Bertz CT molecular complexity index is 415. The Hall–Kier alpha value is -1.62. The van der Waals surface area contributed by atoms with Crippen molar-refractivity contribution in [3.8, 4) is 0 Å². The minimum atomic E-state index is 0.833. The molecule has 5 heteroatoms. The van der Waals surface area contributed by atoms with Gasteiger partial charge in [-0.3, -0.25) is 5.10 Å². The van der Waals surface area contributed by atoms with Crippen LogP contribution < -0.4 is 5.32 Å². The molecule has 2 aromatic rings. The molecule has 0 aliphatic rings. The van der Waals surface area contributed by atoms with Crippen LogP contribution in [0.1, 0.15) is 29.1 Å². The minimum Gasteiger partial charge on any atom is -0.348 e. The fourth-order valence-electron chi connectivity index (χ4n) is 1.80. The maximum absolute atomic E-state index is 4.24. The first-order valence-corrected chi connectivity index (χ1v) is 5.96. The van der Waals surface area contributed by atoms with Gasteiger partial charge in [0.2, 0.25) is 0 Å². The number of imidazole rings is 1. The SMILES string of the molecule is Cc1[nH]ncc1CCCNCc1nc[nH]c1C. The van der Waals surface area contributed by atoms with E-state index in [1.54, 1.807) is 6.33 Å². The van der Waals surface area contributed by atoms with Crippen LogP contribution in [0, 0.1) is 13.8 Å². The van der Waals surface area contributed by atoms with E-state index in [1.165, 1.54) is 11.3 Å². The molecule has 92 valence electrons. The predicted molar refractivity (Wildman–Crippen MR) is 66.7 cm³/mol. The van der Waals surface area contributed by atoms with Crippen LogP contribution in [0.15, 0.2) is 12.5 Å². The first-order chi connectivity index (χ1) is 8.27. The van der Waals surface area contributed by atoms with E-state index in [0.717, 1.165) is 37.3 Å². The Kier molecular flexibility index (Phi) is 3.93. The molecule has 17 heavy (non-hydrogen) atoms. The van der Waals surface area contributed by atoms with Crippen molar-refractivity contribution in [2.45, 2.75) is 33.2 Å². The molecule has 0 aliphatic heterocycles. The Morgan fingerprint density at radius 3 is 2.82 bits per heavy atom. The van der Waals surface area contributed by atoms with Gasteiger partial charge in [-0.2, -0.15) is 5.10 Å². The van der Waals surface area contributed by atoms with E-state index >= 15 is 0 Å². The number of H-pyrrole nitrogens is 2. The number of hydrogen-bond donors (Lipinski definition) is 3. The molecule has 0 unspecified atom stereocenters. The number of nitrogens with zero attached hydrogens (tertiary/aromatic N) is 2. The molecule has 0 fully saturated rings. The lowest BCUT2D eigenvalue weighted by molar-refractivity contribution is 0.639. The van der Waals surface area contributed by atoms with Gasteiger partial charge in [-0.25, -0.2) is 4.98 Å². The summed E-state index contributed by atoms with van der Waals surface area (Å²) in [5, 5.41) is 10.4. The zero-order valence-corrected chi connectivity index (χ0v) is 10.4. The average Bonchev–Trinajstić information content (AvgIpc) is 2.89. The van der Waals surface area contributed by atoms with E-state index < -0.39 is 0 Å². The second kappa shape index (κ2) is 5.63. The molecule has 0 spiro atoms. The van der Waals surface area contributed by atoms with Crippen LogP contribution in [0.4, 0.5) is 0 Å². The highest BCUT2D eigenvalue weighted by Crippen LogP contribution is 2.05. The fourth-order valence-corrected chi connectivity index (χ4v) is 1.80. The highest BCUT2D eigenvalue weighted by molar-refractivity contribution is 5.14. The fraction of sp³-hybridized carbons (Fsp3) is 0.500. The van der Waals surface area contributed by atoms with Gasteiger partial charge in [0, 0.05) is 17.9 Å². The van der Waals surface area contributed by atoms with Crippen LogP contribution in [-0.2, 0) is 13.0 Å². The van der Waals surface area contributed by atoms with E-state index in [9.17, 15) is 0 Å². The van der Waals surface area contributed by atoms with Crippen LogP contribution in [0.25, 0.3) is 0 Å². The van der Waals surface area contributed by atoms with Gasteiger partial charge in [-0.05, 0) is 38.8 Å². The largest absolute Gasteiger partial charge is 0.348 e. The summed E-state index contributed by atoms with van der Waals surface area (Å²) in [7, 11) is 0. The number of aromatic amines is 2. The van der Waals surface area contributed by atoms with Crippen LogP contribution in [0.3, 0.4) is 0 Å². The van der Waals surface area contributed by atoms with Gasteiger partial charge in [0.15, 0.2) is 0 Å². The van der Waals surface area contributed by atoms with E-state index in [0.29, 0.717) is 0 Å². The summed E-state index contributed by atoms with van der Waals surface area (Å²) in [6, 6.07) is 0. The second-order valence-corrected chi connectivity index (χ2v) is 4.27. The first-order valence-electron chi connectivity index (χ1n) is 5.96. The molecule has 0 bridgehead atoms. The van der Waals surface area contributed by atoms with Crippen molar-refractivity contribution in [3.63, 3.8) is 0 Å². The maximum Gasteiger partial charge on any atom is 0.0925 e. The molecular weight excluding hydrogens is 214 g/mol. The van der Waals surface area contributed by atoms with Crippen LogP contribution in [0.5, 0.6) is 0 Å². The minimum absolute atomic E-state index is 0.833. The Morgan fingerprint density at radius 2 is 2.18 bits per heavy atom. The molecule has 5 nitrogen and oxygen atoms in total. The van der Waals surface area contributed by atoms with Gasteiger partial charge < -0.3 is 10.3 Å². The zero-order valence-electron chi connectivity index (χ0n) is 10.4. The smallest absolute Gasteiger partial charge is 0.0925 e. The quantitative estimate of drug-likeness (QED) is 0.662. The molecule has 0 atom stereocenters. The van der Waals surface area contributed by atoms with E-state index in [2.05, 4.69) is 32.4 Å². The molecule has 3 N–H and O–H groups in total. The molecule has 2 heterocycles. The van der Waals surface area contributed by atoms with Gasteiger partial charge in [0.25, 0.3) is 0 Å². The maximum atomic E-state index is 4.24. The Morgan fingerprint density at radius 1 is 1.29 bits per heavy atom. The van der Waals surface area contributed by atoms with Crippen molar-refractivity contribution in [3.05, 3.63) is 35.2 Å². The molecule has 0 saturated carbocycles. The van der Waals surface area contributed by atoms with Crippen molar-refractivity contribution in [1.29, 1.82) is 0 Å². The number of rotatable bonds is 6.